The van der Waals surface area contributed by atoms with Crippen LogP contribution in [0.2, 0.25) is 0 Å². The molecule has 2 rings (SSSR count). The highest BCUT2D eigenvalue weighted by atomic mass is 16.7. The van der Waals surface area contributed by atoms with Crippen molar-refractivity contribution in [2.24, 2.45) is 23.7 Å². The first-order chi connectivity index (χ1) is 9.39. The van der Waals surface area contributed by atoms with Crippen molar-refractivity contribution in [3.63, 3.8) is 0 Å². The van der Waals surface area contributed by atoms with E-state index in [1.54, 1.807) is 0 Å². The fourth-order valence-corrected chi connectivity index (χ4v) is 3.62. The van der Waals surface area contributed by atoms with Crippen LogP contribution in [0.15, 0.2) is 0 Å². The highest BCUT2D eigenvalue weighted by Gasteiger charge is 2.50. The van der Waals surface area contributed by atoms with Crippen molar-refractivity contribution in [1.82, 2.24) is 0 Å². The molecule has 20 heavy (non-hydrogen) atoms. The second-order valence-electron chi connectivity index (χ2n) is 6.78. The highest BCUT2D eigenvalue weighted by Crippen LogP contribution is 2.45. The lowest BCUT2D eigenvalue weighted by molar-refractivity contribution is -0.338. The van der Waals surface area contributed by atoms with Crippen LogP contribution in [0, 0.1) is 23.7 Å². The van der Waals surface area contributed by atoms with Gasteiger partial charge < -0.3 is 14.2 Å². The lowest BCUT2D eigenvalue weighted by Gasteiger charge is -2.51. The Hall–Kier alpha value is -0.610. The molecule has 6 atom stereocenters. The summed E-state index contributed by atoms with van der Waals surface area (Å²) in [6.45, 7) is 9.20. The number of ether oxygens (including phenoxy) is 3. The molecule has 0 aromatic carbocycles. The molecule has 4 heteroatoms. The van der Waals surface area contributed by atoms with Crippen LogP contribution in [0.3, 0.4) is 0 Å². The first-order valence-electron chi connectivity index (χ1n) is 7.79. The van der Waals surface area contributed by atoms with Gasteiger partial charge in [-0.15, -0.1) is 0 Å². The topological polar surface area (TPSA) is 44.8 Å². The van der Waals surface area contributed by atoms with Gasteiger partial charge in [-0.1, -0.05) is 20.8 Å². The summed E-state index contributed by atoms with van der Waals surface area (Å²) in [6.07, 6.45) is 2.96. The summed E-state index contributed by atoms with van der Waals surface area (Å²) in [5.41, 5.74) is 0. The second kappa shape index (κ2) is 6.02. The molecule has 1 spiro atoms. The number of esters is 1. The number of hydrogen-bond acceptors (Lipinski definition) is 4. The van der Waals surface area contributed by atoms with Crippen LogP contribution in [-0.2, 0) is 19.0 Å². The zero-order chi connectivity index (χ0) is 14.9. The lowest BCUT2D eigenvalue weighted by atomic mass is 9.77. The Morgan fingerprint density at radius 1 is 1.35 bits per heavy atom. The average molecular weight is 284 g/mol. The molecule has 2 fully saturated rings. The summed E-state index contributed by atoms with van der Waals surface area (Å²) in [7, 11) is 1.43. The average Bonchev–Trinajstić information content (AvgIpc) is 2.44. The van der Waals surface area contributed by atoms with Gasteiger partial charge in [0.1, 0.15) is 0 Å². The third-order valence-corrected chi connectivity index (χ3v) is 5.04. The Kier molecular flexibility index (Phi) is 4.75. The van der Waals surface area contributed by atoms with Crippen molar-refractivity contribution in [2.45, 2.75) is 58.8 Å². The minimum atomic E-state index is -0.494. The van der Waals surface area contributed by atoms with Gasteiger partial charge in [-0.05, 0) is 31.6 Å². The van der Waals surface area contributed by atoms with Crippen LogP contribution in [0.25, 0.3) is 0 Å². The monoisotopic (exact) mass is 284 g/mol. The molecule has 116 valence electrons. The van der Waals surface area contributed by atoms with Gasteiger partial charge in [0.25, 0.3) is 0 Å². The Balaban J connectivity index is 2.13. The smallest absolute Gasteiger partial charge is 0.311 e. The summed E-state index contributed by atoms with van der Waals surface area (Å²) in [5.74, 6) is 0.357. The third-order valence-electron chi connectivity index (χ3n) is 5.04. The van der Waals surface area contributed by atoms with Gasteiger partial charge in [0, 0.05) is 12.3 Å². The predicted molar refractivity (Wildman–Crippen MR) is 76.1 cm³/mol. The molecule has 0 aromatic heterocycles. The van der Waals surface area contributed by atoms with E-state index in [0.717, 1.165) is 25.9 Å². The Morgan fingerprint density at radius 2 is 2.05 bits per heavy atom. The van der Waals surface area contributed by atoms with Gasteiger partial charge >= 0.3 is 5.97 Å². The first-order valence-corrected chi connectivity index (χ1v) is 7.79. The molecule has 2 aliphatic heterocycles. The maximum atomic E-state index is 11.8. The lowest BCUT2D eigenvalue weighted by Crippen LogP contribution is -2.56. The van der Waals surface area contributed by atoms with E-state index < -0.39 is 5.79 Å². The molecule has 0 aliphatic carbocycles. The predicted octanol–water partition coefficient (Wildman–Crippen LogP) is 3.00. The maximum Gasteiger partial charge on any atom is 0.311 e. The third kappa shape index (κ3) is 2.86. The van der Waals surface area contributed by atoms with Gasteiger partial charge in [0.05, 0.1) is 25.7 Å². The molecule has 0 amide bonds. The zero-order valence-corrected chi connectivity index (χ0v) is 13.3. The SMILES string of the molecule is COC(=O)[C@H](C)[C@H]1O[C@@]2(CC[C@H](C)CO2)[C@H](C)C[C@@H]1C. The Morgan fingerprint density at radius 3 is 2.60 bits per heavy atom. The molecule has 4 nitrogen and oxygen atoms in total. The largest absolute Gasteiger partial charge is 0.469 e. The summed E-state index contributed by atoms with van der Waals surface area (Å²) < 4.78 is 17.3. The quantitative estimate of drug-likeness (QED) is 0.731. The van der Waals surface area contributed by atoms with Crippen LogP contribution >= 0.6 is 0 Å². The van der Waals surface area contributed by atoms with E-state index in [-0.39, 0.29) is 18.0 Å². The molecule has 2 saturated heterocycles. The minimum Gasteiger partial charge on any atom is -0.469 e. The summed E-state index contributed by atoms with van der Waals surface area (Å²) >= 11 is 0. The minimum absolute atomic E-state index is 0.118. The van der Waals surface area contributed by atoms with E-state index in [4.69, 9.17) is 14.2 Å². The van der Waals surface area contributed by atoms with Gasteiger partial charge in [-0.3, -0.25) is 4.79 Å². The standard InChI is InChI=1S/C16H28O4/c1-10-6-7-16(19-9-10)12(3)8-11(2)14(20-16)13(4)15(17)18-5/h10-14H,6-9H2,1-5H3/t10-,11-,12+,13+,14-,16-/m0/s1. The molecule has 0 N–H and O–H groups in total. The number of rotatable bonds is 2. The van der Waals surface area contributed by atoms with E-state index >= 15 is 0 Å². The Bertz CT molecular complexity index is 346. The fraction of sp³-hybridized carbons (Fsp3) is 0.938. The van der Waals surface area contributed by atoms with E-state index in [2.05, 4.69) is 20.8 Å². The van der Waals surface area contributed by atoms with Crippen LogP contribution < -0.4 is 0 Å². The van der Waals surface area contributed by atoms with E-state index in [0.29, 0.717) is 17.8 Å². The molecule has 2 heterocycles. The molecule has 0 aromatic rings. The van der Waals surface area contributed by atoms with Crippen molar-refractivity contribution in [3.05, 3.63) is 0 Å². The summed E-state index contributed by atoms with van der Waals surface area (Å²) in [5, 5.41) is 0. The molecular weight excluding hydrogens is 256 g/mol. The van der Waals surface area contributed by atoms with Crippen LogP contribution in [0.1, 0.15) is 47.0 Å². The van der Waals surface area contributed by atoms with Crippen molar-refractivity contribution in [3.8, 4) is 0 Å². The van der Waals surface area contributed by atoms with Crippen molar-refractivity contribution >= 4 is 5.97 Å². The normalized spacial score (nSPS) is 43.2. The number of carbonyl (C=O) groups excluding carboxylic acids is 1. The second-order valence-corrected chi connectivity index (χ2v) is 6.78. The maximum absolute atomic E-state index is 11.8. The molecule has 0 saturated carbocycles. The van der Waals surface area contributed by atoms with Gasteiger partial charge in [0.15, 0.2) is 5.79 Å². The van der Waals surface area contributed by atoms with E-state index in [1.807, 2.05) is 6.92 Å². The number of hydrogen-bond donors (Lipinski definition) is 0. The zero-order valence-electron chi connectivity index (χ0n) is 13.3. The highest BCUT2D eigenvalue weighted by molar-refractivity contribution is 5.72. The summed E-state index contributed by atoms with van der Waals surface area (Å²) in [4.78, 5) is 11.8. The van der Waals surface area contributed by atoms with Crippen molar-refractivity contribution in [2.75, 3.05) is 13.7 Å². The first kappa shape index (κ1) is 15.8. The fourth-order valence-electron chi connectivity index (χ4n) is 3.62. The van der Waals surface area contributed by atoms with Gasteiger partial charge in [-0.2, -0.15) is 0 Å². The van der Waals surface area contributed by atoms with Crippen LogP contribution in [0.5, 0.6) is 0 Å². The number of carbonyl (C=O) groups is 1. The van der Waals surface area contributed by atoms with Gasteiger partial charge in [0.2, 0.25) is 0 Å². The van der Waals surface area contributed by atoms with Gasteiger partial charge in [-0.25, -0.2) is 0 Å². The molecule has 2 aliphatic rings. The molecule has 0 unspecified atom stereocenters. The van der Waals surface area contributed by atoms with Crippen molar-refractivity contribution < 1.29 is 19.0 Å². The number of methoxy groups -OCH3 is 1. The van der Waals surface area contributed by atoms with E-state index in [1.165, 1.54) is 7.11 Å². The Labute approximate surface area is 122 Å². The van der Waals surface area contributed by atoms with Crippen LogP contribution in [-0.4, -0.2) is 31.6 Å². The van der Waals surface area contributed by atoms with Crippen LogP contribution in [0.4, 0.5) is 0 Å². The molecular formula is C16H28O4. The summed E-state index contributed by atoms with van der Waals surface area (Å²) in [6, 6.07) is 0. The van der Waals surface area contributed by atoms with E-state index in [9.17, 15) is 4.79 Å². The molecule has 0 radical (unpaired) electrons. The molecule has 0 bridgehead atoms. The van der Waals surface area contributed by atoms with Crippen molar-refractivity contribution in [1.29, 1.82) is 0 Å².